The number of carbonyl (C=O) groups excluding carboxylic acids is 1. The van der Waals surface area contributed by atoms with Gasteiger partial charge in [0.1, 0.15) is 0 Å². The summed E-state index contributed by atoms with van der Waals surface area (Å²) in [6.07, 6.45) is 2.97. The molecule has 0 saturated carbocycles. The van der Waals surface area contributed by atoms with E-state index in [-0.39, 0.29) is 17.0 Å². The first-order valence-corrected chi connectivity index (χ1v) is 10.1. The van der Waals surface area contributed by atoms with Crippen LogP contribution in [0.3, 0.4) is 0 Å². The number of ether oxygens (including phenoxy) is 3. The Morgan fingerprint density at radius 2 is 1.89 bits per heavy atom. The van der Waals surface area contributed by atoms with E-state index in [2.05, 4.69) is 30.9 Å². The minimum atomic E-state index is -0.231. The largest absolute Gasteiger partial charge is 0.466 e. The molecule has 0 spiro atoms. The number of esters is 1. The third-order valence-corrected chi connectivity index (χ3v) is 5.69. The zero-order valence-electron chi connectivity index (χ0n) is 16.7. The van der Waals surface area contributed by atoms with E-state index in [1.807, 2.05) is 18.2 Å². The summed E-state index contributed by atoms with van der Waals surface area (Å²) in [5, 5.41) is 0. The van der Waals surface area contributed by atoms with Crippen molar-refractivity contribution in [1.29, 1.82) is 0 Å². The van der Waals surface area contributed by atoms with Crippen molar-refractivity contribution >= 4 is 5.97 Å². The molecule has 1 aromatic carbocycles. The molecule has 1 unspecified atom stereocenters. The molecule has 2 saturated heterocycles. The molecule has 0 bridgehead atoms. The smallest absolute Gasteiger partial charge is 0.306 e. The van der Waals surface area contributed by atoms with Crippen LogP contribution in [-0.4, -0.2) is 62.5 Å². The van der Waals surface area contributed by atoms with E-state index in [1.165, 1.54) is 5.56 Å². The van der Waals surface area contributed by atoms with E-state index in [4.69, 9.17) is 14.2 Å². The highest BCUT2D eigenvalue weighted by molar-refractivity contribution is 5.71. The van der Waals surface area contributed by atoms with E-state index in [0.29, 0.717) is 19.6 Å². The summed E-state index contributed by atoms with van der Waals surface area (Å²) in [5.41, 5.74) is 0.779. The van der Waals surface area contributed by atoms with Crippen LogP contribution in [-0.2, 0) is 24.4 Å². The van der Waals surface area contributed by atoms with Crippen LogP contribution in [0.25, 0.3) is 0 Å². The maximum Gasteiger partial charge on any atom is 0.306 e. The lowest BCUT2D eigenvalue weighted by Gasteiger charge is -2.45. The van der Waals surface area contributed by atoms with E-state index in [9.17, 15) is 4.79 Å². The predicted octanol–water partition coefficient (Wildman–Crippen LogP) is 3.17. The van der Waals surface area contributed by atoms with E-state index < -0.39 is 0 Å². The molecule has 0 N–H and O–H groups in total. The van der Waals surface area contributed by atoms with E-state index in [1.54, 1.807) is 0 Å². The van der Waals surface area contributed by atoms with Gasteiger partial charge in [-0.3, -0.25) is 9.69 Å². The summed E-state index contributed by atoms with van der Waals surface area (Å²) in [4.78, 5) is 15.0. The first-order valence-electron chi connectivity index (χ1n) is 10.1. The molecule has 5 nitrogen and oxygen atoms in total. The van der Waals surface area contributed by atoms with Crippen molar-refractivity contribution < 1.29 is 19.0 Å². The highest BCUT2D eigenvalue weighted by Crippen LogP contribution is 2.44. The fourth-order valence-corrected chi connectivity index (χ4v) is 4.39. The van der Waals surface area contributed by atoms with Crippen molar-refractivity contribution in [1.82, 2.24) is 4.90 Å². The topological polar surface area (TPSA) is 48.0 Å². The standard InChI is InChI=1S/C22H33NO4/c1-21(2)18-22(9-14-27-21,19-7-4-3-5-8-19)17-20(24)26-13-6-10-23-11-15-25-16-12-23/h3-5,7-8H,6,9-18H2,1-2H3. The second-order valence-electron chi connectivity index (χ2n) is 8.39. The molecule has 27 heavy (non-hydrogen) atoms. The summed E-state index contributed by atoms with van der Waals surface area (Å²) >= 11 is 0. The van der Waals surface area contributed by atoms with Gasteiger partial charge in [-0.15, -0.1) is 0 Å². The normalized spacial score (nSPS) is 25.9. The number of benzene rings is 1. The molecule has 0 aliphatic carbocycles. The zero-order valence-corrected chi connectivity index (χ0v) is 16.7. The second-order valence-corrected chi connectivity index (χ2v) is 8.39. The van der Waals surface area contributed by atoms with Crippen LogP contribution in [0.4, 0.5) is 0 Å². The Bertz CT molecular complexity index is 598. The summed E-state index contributed by atoms with van der Waals surface area (Å²) in [5.74, 6) is -0.0986. The Kier molecular flexibility index (Phi) is 6.90. The van der Waals surface area contributed by atoms with Gasteiger partial charge in [0, 0.05) is 31.7 Å². The number of carbonyl (C=O) groups is 1. The van der Waals surface area contributed by atoms with Gasteiger partial charge in [0.25, 0.3) is 0 Å². The van der Waals surface area contributed by atoms with Gasteiger partial charge in [-0.1, -0.05) is 30.3 Å². The molecule has 2 heterocycles. The highest BCUT2D eigenvalue weighted by Gasteiger charge is 2.43. The summed E-state index contributed by atoms with van der Waals surface area (Å²) in [6.45, 7) is 9.89. The van der Waals surface area contributed by atoms with Crippen LogP contribution in [0.15, 0.2) is 30.3 Å². The van der Waals surface area contributed by atoms with Crippen molar-refractivity contribution in [2.24, 2.45) is 0 Å². The average molecular weight is 376 g/mol. The average Bonchev–Trinajstić information content (AvgIpc) is 2.66. The van der Waals surface area contributed by atoms with Gasteiger partial charge >= 0.3 is 5.97 Å². The molecule has 5 heteroatoms. The van der Waals surface area contributed by atoms with Crippen LogP contribution in [0.2, 0.25) is 0 Å². The quantitative estimate of drug-likeness (QED) is 0.541. The van der Waals surface area contributed by atoms with Gasteiger partial charge in [-0.25, -0.2) is 0 Å². The van der Waals surface area contributed by atoms with Crippen LogP contribution in [0.1, 0.15) is 45.1 Å². The number of morpholine rings is 1. The lowest BCUT2D eigenvalue weighted by Crippen LogP contribution is -2.45. The second kappa shape index (κ2) is 9.18. The molecule has 1 atom stereocenters. The van der Waals surface area contributed by atoms with Gasteiger partial charge in [0.15, 0.2) is 0 Å². The first kappa shape index (κ1) is 20.3. The number of nitrogens with zero attached hydrogens (tertiary/aromatic N) is 1. The lowest BCUT2D eigenvalue weighted by atomic mass is 9.67. The molecule has 0 aromatic heterocycles. The van der Waals surface area contributed by atoms with E-state index in [0.717, 1.165) is 52.1 Å². The predicted molar refractivity (Wildman–Crippen MR) is 105 cm³/mol. The minimum Gasteiger partial charge on any atom is -0.466 e. The first-order chi connectivity index (χ1) is 13.0. The van der Waals surface area contributed by atoms with Crippen LogP contribution < -0.4 is 0 Å². The summed E-state index contributed by atoms with van der Waals surface area (Å²) in [7, 11) is 0. The van der Waals surface area contributed by atoms with Gasteiger partial charge in [-0.2, -0.15) is 0 Å². The van der Waals surface area contributed by atoms with Crippen LogP contribution >= 0.6 is 0 Å². The fourth-order valence-electron chi connectivity index (χ4n) is 4.39. The molecule has 150 valence electrons. The SMILES string of the molecule is CC1(C)CC(CC(=O)OCCCN2CCOCC2)(c2ccccc2)CCO1. The molecule has 0 amide bonds. The third kappa shape index (κ3) is 5.77. The minimum absolute atomic E-state index is 0.0986. The third-order valence-electron chi connectivity index (χ3n) is 5.69. The molecule has 2 fully saturated rings. The Balaban J connectivity index is 1.55. The molecule has 2 aliphatic rings. The highest BCUT2D eigenvalue weighted by atomic mass is 16.5. The zero-order chi connectivity index (χ0) is 19.2. The Morgan fingerprint density at radius 3 is 2.59 bits per heavy atom. The Morgan fingerprint density at radius 1 is 1.15 bits per heavy atom. The molecule has 0 radical (unpaired) electrons. The maximum atomic E-state index is 12.7. The van der Waals surface area contributed by atoms with Crippen LogP contribution in [0, 0.1) is 0 Å². The number of hydrogen-bond acceptors (Lipinski definition) is 5. The molecular formula is C22H33NO4. The van der Waals surface area contributed by atoms with Gasteiger partial charge in [0.2, 0.25) is 0 Å². The number of rotatable bonds is 7. The molecular weight excluding hydrogens is 342 g/mol. The molecule has 2 aliphatic heterocycles. The van der Waals surface area contributed by atoms with Crippen molar-refractivity contribution in [3.05, 3.63) is 35.9 Å². The fraction of sp³-hybridized carbons (Fsp3) is 0.682. The summed E-state index contributed by atoms with van der Waals surface area (Å²) < 4.78 is 16.9. The maximum absolute atomic E-state index is 12.7. The van der Waals surface area contributed by atoms with E-state index >= 15 is 0 Å². The van der Waals surface area contributed by atoms with Crippen molar-refractivity contribution in [3.63, 3.8) is 0 Å². The monoisotopic (exact) mass is 375 g/mol. The van der Waals surface area contributed by atoms with Crippen molar-refractivity contribution in [3.8, 4) is 0 Å². The lowest BCUT2D eigenvalue weighted by molar-refractivity contribution is -0.148. The van der Waals surface area contributed by atoms with Crippen molar-refractivity contribution in [2.75, 3.05) is 46.1 Å². The van der Waals surface area contributed by atoms with Gasteiger partial charge in [-0.05, 0) is 38.7 Å². The van der Waals surface area contributed by atoms with Gasteiger partial charge in [0.05, 0.1) is 31.8 Å². The molecule has 3 rings (SSSR count). The summed E-state index contributed by atoms with van der Waals surface area (Å²) in [6, 6.07) is 10.4. The Hall–Kier alpha value is -1.43. The van der Waals surface area contributed by atoms with Crippen molar-refractivity contribution in [2.45, 2.75) is 50.5 Å². The van der Waals surface area contributed by atoms with Crippen LogP contribution in [0.5, 0.6) is 0 Å². The number of hydrogen-bond donors (Lipinski definition) is 0. The van der Waals surface area contributed by atoms with Gasteiger partial charge < -0.3 is 14.2 Å². The molecule has 1 aromatic rings. The Labute approximate surface area is 163 Å².